The Bertz CT molecular complexity index is 448. The third kappa shape index (κ3) is 4.03. The van der Waals surface area contributed by atoms with E-state index in [9.17, 15) is 9.00 Å². The number of nitrogens with one attached hydrogen (secondary N) is 1. The van der Waals surface area contributed by atoms with Gasteiger partial charge in [0.2, 0.25) is 0 Å². The maximum atomic E-state index is 11.3. The Morgan fingerprint density at radius 1 is 1.50 bits per heavy atom. The van der Waals surface area contributed by atoms with Crippen LogP contribution in [-0.4, -0.2) is 40.4 Å². The van der Waals surface area contributed by atoms with Gasteiger partial charge in [0.25, 0.3) is 0 Å². The van der Waals surface area contributed by atoms with Crippen molar-refractivity contribution < 1.29 is 18.8 Å². The maximum Gasteiger partial charge on any atom is 0.337 e. The molecule has 1 aromatic carbocycles. The number of hydrogen-bond acceptors (Lipinski definition) is 4. The molecule has 2 N–H and O–H groups in total. The van der Waals surface area contributed by atoms with Crippen LogP contribution in [0.3, 0.4) is 0 Å². The minimum atomic E-state index is -1.00. The van der Waals surface area contributed by atoms with E-state index in [-0.39, 0.29) is 5.56 Å². The fourth-order valence-corrected chi connectivity index (χ4v) is 2.05. The molecule has 0 amide bonds. The highest BCUT2D eigenvalue weighted by Crippen LogP contribution is 2.22. The van der Waals surface area contributed by atoms with Gasteiger partial charge in [0.05, 0.1) is 18.4 Å². The number of rotatable bonds is 7. The molecule has 0 bridgehead atoms. The topological polar surface area (TPSA) is 75.6 Å². The van der Waals surface area contributed by atoms with Crippen molar-refractivity contribution in [2.24, 2.45) is 0 Å². The number of ether oxygens (including phenoxy) is 1. The van der Waals surface area contributed by atoms with Crippen LogP contribution in [0.25, 0.3) is 0 Å². The highest BCUT2D eigenvalue weighted by atomic mass is 32.2. The molecular weight excluding hydrogens is 254 g/mol. The van der Waals surface area contributed by atoms with Crippen molar-refractivity contribution in [2.45, 2.75) is 6.92 Å². The largest absolute Gasteiger partial charge is 0.497 e. The standard InChI is InChI=1S/C12H17NO4S/c1-3-18(16)7-6-13-11-8-9(17-2)4-5-10(11)12(14)15/h4-5,8,13H,3,6-7H2,1-2H3,(H,14,15). The van der Waals surface area contributed by atoms with Gasteiger partial charge >= 0.3 is 5.97 Å². The molecule has 0 fully saturated rings. The van der Waals surface area contributed by atoms with Crippen LogP contribution in [0.5, 0.6) is 5.75 Å². The summed E-state index contributed by atoms with van der Waals surface area (Å²) in [6.07, 6.45) is 0. The number of carboxylic acids is 1. The summed E-state index contributed by atoms with van der Waals surface area (Å²) in [4.78, 5) is 11.0. The molecular formula is C12H17NO4S. The van der Waals surface area contributed by atoms with Gasteiger partial charge in [-0.2, -0.15) is 0 Å². The number of benzene rings is 1. The molecule has 0 saturated heterocycles. The zero-order valence-electron chi connectivity index (χ0n) is 10.4. The summed E-state index contributed by atoms with van der Waals surface area (Å²) in [5, 5.41) is 12.0. The van der Waals surface area contributed by atoms with Gasteiger partial charge in [-0.15, -0.1) is 0 Å². The summed E-state index contributed by atoms with van der Waals surface area (Å²) in [5.41, 5.74) is 0.660. The number of hydrogen-bond donors (Lipinski definition) is 2. The Labute approximate surface area is 109 Å². The number of carboxylic acid groups (broad SMARTS) is 1. The Morgan fingerprint density at radius 3 is 2.78 bits per heavy atom. The molecule has 0 aromatic heterocycles. The van der Waals surface area contributed by atoms with E-state index in [1.54, 1.807) is 12.1 Å². The van der Waals surface area contributed by atoms with E-state index in [0.29, 0.717) is 29.5 Å². The van der Waals surface area contributed by atoms with E-state index < -0.39 is 16.8 Å². The summed E-state index contributed by atoms with van der Waals surface area (Å²) in [6, 6.07) is 4.71. The van der Waals surface area contributed by atoms with E-state index in [1.165, 1.54) is 13.2 Å². The van der Waals surface area contributed by atoms with Crippen molar-refractivity contribution in [3.63, 3.8) is 0 Å². The second-order valence-electron chi connectivity index (χ2n) is 3.58. The van der Waals surface area contributed by atoms with Crippen LogP contribution in [0.2, 0.25) is 0 Å². The van der Waals surface area contributed by atoms with Gasteiger partial charge in [0.1, 0.15) is 5.75 Å². The predicted molar refractivity (Wildman–Crippen MR) is 72.0 cm³/mol. The third-order valence-electron chi connectivity index (χ3n) is 2.42. The van der Waals surface area contributed by atoms with Crippen LogP contribution in [0.4, 0.5) is 5.69 Å². The summed E-state index contributed by atoms with van der Waals surface area (Å²) >= 11 is 0. The van der Waals surface area contributed by atoms with Crippen LogP contribution in [-0.2, 0) is 10.8 Å². The van der Waals surface area contributed by atoms with Gasteiger partial charge in [-0.1, -0.05) is 6.92 Å². The van der Waals surface area contributed by atoms with Crippen molar-refractivity contribution in [3.8, 4) is 5.75 Å². The monoisotopic (exact) mass is 271 g/mol. The zero-order chi connectivity index (χ0) is 13.5. The van der Waals surface area contributed by atoms with Crippen LogP contribution in [0.15, 0.2) is 18.2 Å². The molecule has 0 aliphatic rings. The quantitative estimate of drug-likeness (QED) is 0.787. The fourth-order valence-electron chi connectivity index (χ4n) is 1.43. The molecule has 6 heteroatoms. The van der Waals surface area contributed by atoms with Crippen molar-refractivity contribution in [3.05, 3.63) is 23.8 Å². The normalized spacial score (nSPS) is 11.9. The maximum absolute atomic E-state index is 11.3. The summed E-state index contributed by atoms with van der Waals surface area (Å²) in [7, 11) is 0.653. The zero-order valence-corrected chi connectivity index (χ0v) is 11.3. The van der Waals surface area contributed by atoms with Gasteiger partial charge in [-0.05, 0) is 12.1 Å². The first-order valence-electron chi connectivity index (χ1n) is 5.58. The van der Waals surface area contributed by atoms with Gasteiger partial charge < -0.3 is 15.2 Å². The van der Waals surface area contributed by atoms with Crippen LogP contribution in [0.1, 0.15) is 17.3 Å². The minimum absolute atomic E-state index is 0.179. The van der Waals surface area contributed by atoms with E-state index >= 15 is 0 Å². The van der Waals surface area contributed by atoms with Gasteiger partial charge in [0, 0.05) is 34.9 Å². The lowest BCUT2D eigenvalue weighted by Crippen LogP contribution is -2.14. The van der Waals surface area contributed by atoms with Crippen LogP contribution >= 0.6 is 0 Å². The van der Waals surface area contributed by atoms with Crippen molar-refractivity contribution >= 4 is 22.5 Å². The molecule has 5 nitrogen and oxygen atoms in total. The highest BCUT2D eigenvalue weighted by molar-refractivity contribution is 7.84. The number of anilines is 1. The van der Waals surface area contributed by atoms with Gasteiger partial charge in [-0.25, -0.2) is 4.79 Å². The van der Waals surface area contributed by atoms with Gasteiger partial charge in [0.15, 0.2) is 0 Å². The Morgan fingerprint density at radius 2 is 2.22 bits per heavy atom. The Kier molecular flexibility index (Phi) is 5.64. The predicted octanol–water partition coefficient (Wildman–Crippen LogP) is 1.57. The molecule has 100 valence electrons. The van der Waals surface area contributed by atoms with E-state index in [0.717, 1.165) is 0 Å². The molecule has 1 unspecified atom stereocenters. The molecule has 18 heavy (non-hydrogen) atoms. The average Bonchev–Trinajstić information content (AvgIpc) is 2.37. The lowest BCUT2D eigenvalue weighted by Gasteiger charge is -2.10. The molecule has 0 saturated carbocycles. The summed E-state index contributed by atoms with van der Waals surface area (Å²) < 4.78 is 16.3. The van der Waals surface area contributed by atoms with Crippen LogP contribution < -0.4 is 10.1 Å². The minimum Gasteiger partial charge on any atom is -0.497 e. The van der Waals surface area contributed by atoms with Crippen molar-refractivity contribution in [2.75, 3.05) is 30.5 Å². The first-order chi connectivity index (χ1) is 8.58. The lowest BCUT2D eigenvalue weighted by atomic mass is 10.1. The van der Waals surface area contributed by atoms with Crippen LogP contribution in [0, 0.1) is 0 Å². The molecule has 0 radical (unpaired) electrons. The van der Waals surface area contributed by atoms with Crippen molar-refractivity contribution in [1.82, 2.24) is 0 Å². The lowest BCUT2D eigenvalue weighted by molar-refractivity contribution is 0.0698. The van der Waals surface area contributed by atoms with E-state index in [2.05, 4.69) is 5.32 Å². The molecule has 1 rings (SSSR count). The Balaban J connectivity index is 2.78. The van der Waals surface area contributed by atoms with Gasteiger partial charge in [-0.3, -0.25) is 4.21 Å². The average molecular weight is 271 g/mol. The smallest absolute Gasteiger partial charge is 0.337 e. The Hall–Kier alpha value is -1.56. The molecule has 0 aliphatic heterocycles. The molecule has 0 aliphatic carbocycles. The molecule has 1 aromatic rings. The third-order valence-corrected chi connectivity index (χ3v) is 3.73. The number of aromatic carboxylic acids is 1. The SMILES string of the molecule is CCS(=O)CCNc1cc(OC)ccc1C(=O)O. The van der Waals surface area contributed by atoms with E-state index in [4.69, 9.17) is 9.84 Å². The summed E-state index contributed by atoms with van der Waals surface area (Å²) in [6.45, 7) is 2.32. The highest BCUT2D eigenvalue weighted by Gasteiger charge is 2.10. The van der Waals surface area contributed by atoms with Crippen molar-refractivity contribution in [1.29, 1.82) is 0 Å². The number of methoxy groups -OCH3 is 1. The molecule has 0 spiro atoms. The second-order valence-corrected chi connectivity index (χ2v) is 5.44. The second kappa shape index (κ2) is 7.00. The number of carbonyl (C=O) groups is 1. The van der Waals surface area contributed by atoms with E-state index in [1.807, 2.05) is 6.92 Å². The molecule has 0 heterocycles. The summed E-state index contributed by atoms with van der Waals surface area (Å²) in [5.74, 6) is 0.675. The fraction of sp³-hybridized carbons (Fsp3) is 0.417. The first-order valence-corrected chi connectivity index (χ1v) is 7.07. The first kappa shape index (κ1) is 14.5. The molecule has 1 atom stereocenters.